The van der Waals surface area contributed by atoms with Crippen LogP contribution in [0.15, 0.2) is 0 Å². The fraction of sp³-hybridized carbons (Fsp3) is 0.818. The van der Waals surface area contributed by atoms with Crippen molar-refractivity contribution in [2.75, 3.05) is 46.1 Å². The molecule has 0 saturated carbocycles. The molecule has 1 atom stereocenters. The third-order valence-electron chi connectivity index (χ3n) is 4.60. The van der Waals surface area contributed by atoms with Crippen molar-refractivity contribution in [1.29, 1.82) is 0 Å². The molecular formula is C22H43N4O8+. The third-order valence-corrected chi connectivity index (χ3v) is 4.60. The maximum Gasteiger partial charge on any atom is 0.508 e. The molecular weight excluding hydrogens is 448 g/mol. The Bertz CT molecular complexity index is 647. The SMILES string of the molecule is CC(C)(C)CCCNC(=O)OCCCOC(=O)OCC(C)(CO)C(=O)OCCCC[NH+]=C(N)N. The van der Waals surface area contributed by atoms with Gasteiger partial charge in [0.25, 0.3) is 0 Å². The Kier molecular flexibility index (Phi) is 15.4. The van der Waals surface area contributed by atoms with Gasteiger partial charge in [0.15, 0.2) is 0 Å². The lowest BCUT2D eigenvalue weighted by molar-refractivity contribution is -0.459. The van der Waals surface area contributed by atoms with Gasteiger partial charge in [-0.15, -0.1) is 0 Å². The number of carbonyl (C=O) groups excluding carboxylic acids is 3. The molecule has 34 heavy (non-hydrogen) atoms. The van der Waals surface area contributed by atoms with Crippen molar-refractivity contribution in [1.82, 2.24) is 5.32 Å². The summed E-state index contributed by atoms with van der Waals surface area (Å²) in [5.41, 5.74) is 9.34. The first kappa shape index (κ1) is 31.2. The number of unbranched alkanes of at least 4 members (excludes halogenated alkanes) is 1. The van der Waals surface area contributed by atoms with E-state index in [2.05, 4.69) is 31.1 Å². The largest absolute Gasteiger partial charge is 0.508 e. The molecule has 0 fully saturated rings. The van der Waals surface area contributed by atoms with Gasteiger partial charge in [-0.25, -0.2) is 9.59 Å². The summed E-state index contributed by atoms with van der Waals surface area (Å²) in [7, 11) is 0. The highest BCUT2D eigenvalue weighted by atomic mass is 16.7. The minimum Gasteiger partial charge on any atom is -0.465 e. The van der Waals surface area contributed by atoms with E-state index in [9.17, 15) is 19.5 Å². The number of carbonyl (C=O) groups is 3. The first-order valence-corrected chi connectivity index (χ1v) is 11.5. The smallest absolute Gasteiger partial charge is 0.465 e. The monoisotopic (exact) mass is 491 g/mol. The Balaban J connectivity index is 3.98. The van der Waals surface area contributed by atoms with E-state index in [1.807, 2.05) is 0 Å². The predicted octanol–water partition coefficient (Wildman–Crippen LogP) is -0.242. The zero-order chi connectivity index (χ0) is 26.0. The minimum absolute atomic E-state index is 0.0325. The number of nitrogens with two attached hydrogens (primary N) is 2. The number of aliphatic hydroxyl groups is 1. The quantitative estimate of drug-likeness (QED) is 0.0634. The van der Waals surface area contributed by atoms with Gasteiger partial charge >= 0.3 is 24.2 Å². The van der Waals surface area contributed by atoms with Crippen LogP contribution in [-0.2, 0) is 23.7 Å². The van der Waals surface area contributed by atoms with Crippen LogP contribution in [0.2, 0.25) is 0 Å². The number of hydrogen-bond donors (Lipinski definition) is 5. The molecule has 12 nitrogen and oxygen atoms in total. The number of ether oxygens (including phenoxy) is 4. The van der Waals surface area contributed by atoms with Gasteiger partial charge in [0.05, 0.1) is 33.0 Å². The molecule has 7 N–H and O–H groups in total. The van der Waals surface area contributed by atoms with E-state index in [1.165, 1.54) is 6.92 Å². The van der Waals surface area contributed by atoms with E-state index in [-0.39, 0.29) is 37.6 Å². The van der Waals surface area contributed by atoms with Gasteiger partial charge in [-0.3, -0.25) is 21.3 Å². The van der Waals surface area contributed by atoms with Crippen LogP contribution in [0, 0.1) is 10.8 Å². The molecule has 0 heterocycles. The fourth-order valence-electron chi connectivity index (χ4n) is 2.47. The average Bonchev–Trinajstić information content (AvgIpc) is 2.76. The number of hydrogen-bond acceptors (Lipinski definition) is 8. The van der Waals surface area contributed by atoms with Crippen LogP contribution in [0.3, 0.4) is 0 Å². The van der Waals surface area contributed by atoms with Crippen LogP contribution in [-0.4, -0.2) is 75.4 Å². The number of aliphatic hydroxyl groups excluding tert-OH is 1. The predicted molar refractivity (Wildman–Crippen MR) is 125 cm³/mol. The summed E-state index contributed by atoms with van der Waals surface area (Å²) in [6.07, 6.45) is 1.84. The van der Waals surface area contributed by atoms with E-state index < -0.39 is 36.8 Å². The summed E-state index contributed by atoms with van der Waals surface area (Å²) < 4.78 is 20.0. The van der Waals surface area contributed by atoms with Crippen LogP contribution >= 0.6 is 0 Å². The Morgan fingerprint density at radius 3 is 2.15 bits per heavy atom. The summed E-state index contributed by atoms with van der Waals surface area (Å²) >= 11 is 0. The van der Waals surface area contributed by atoms with Crippen LogP contribution in [0.25, 0.3) is 0 Å². The van der Waals surface area contributed by atoms with E-state index in [4.69, 9.17) is 30.4 Å². The number of alkyl carbamates (subject to hydrolysis) is 1. The fourth-order valence-corrected chi connectivity index (χ4v) is 2.47. The lowest BCUT2D eigenvalue weighted by Crippen LogP contribution is -2.78. The second kappa shape index (κ2) is 16.8. The molecule has 0 aromatic rings. The summed E-state index contributed by atoms with van der Waals surface area (Å²) in [6, 6.07) is 0. The zero-order valence-corrected chi connectivity index (χ0v) is 20.9. The van der Waals surface area contributed by atoms with E-state index in [1.54, 1.807) is 0 Å². The Labute approximate surface area is 201 Å². The number of esters is 1. The van der Waals surface area contributed by atoms with Crippen LogP contribution in [0.1, 0.15) is 59.8 Å². The van der Waals surface area contributed by atoms with E-state index >= 15 is 0 Å². The molecule has 0 aromatic heterocycles. The molecule has 1 unspecified atom stereocenters. The standard InChI is InChI=1S/C22H42N4O8/c1-21(2,3)9-7-11-26-19(29)32-13-8-14-33-20(30)34-16-22(4,15-27)17(28)31-12-6-5-10-25-18(23)24/h27H,5-16H2,1-4H3,(H,26,29)(H4,23,24,25)/p+1. The number of rotatable bonds is 16. The normalized spacial score (nSPS) is 12.7. The molecule has 0 saturated heterocycles. The molecule has 0 aliphatic rings. The van der Waals surface area contributed by atoms with Crippen molar-refractivity contribution < 1.29 is 43.4 Å². The number of guanidine groups is 1. The van der Waals surface area contributed by atoms with Crippen molar-refractivity contribution in [3.05, 3.63) is 0 Å². The van der Waals surface area contributed by atoms with Crippen molar-refractivity contribution in [2.24, 2.45) is 22.3 Å². The highest BCUT2D eigenvalue weighted by Crippen LogP contribution is 2.20. The van der Waals surface area contributed by atoms with Crippen LogP contribution < -0.4 is 21.8 Å². The summed E-state index contributed by atoms with van der Waals surface area (Å²) in [6.45, 7) is 8.09. The summed E-state index contributed by atoms with van der Waals surface area (Å²) in [5, 5.41) is 12.2. The maximum absolute atomic E-state index is 12.2. The molecule has 0 rings (SSSR count). The van der Waals surface area contributed by atoms with Gasteiger partial charge in [0.2, 0.25) is 0 Å². The molecule has 0 spiro atoms. The van der Waals surface area contributed by atoms with Gasteiger partial charge in [0, 0.05) is 13.0 Å². The summed E-state index contributed by atoms with van der Waals surface area (Å²) in [5.74, 6) is -0.573. The second-order valence-electron chi connectivity index (χ2n) is 9.41. The first-order chi connectivity index (χ1) is 15.9. The molecule has 1 amide bonds. The number of amides is 1. The molecule has 12 heteroatoms. The van der Waals surface area contributed by atoms with Crippen LogP contribution in [0.5, 0.6) is 0 Å². The molecule has 0 aromatic carbocycles. The van der Waals surface area contributed by atoms with Gasteiger partial charge in [-0.2, -0.15) is 0 Å². The zero-order valence-electron chi connectivity index (χ0n) is 20.9. The molecule has 0 bridgehead atoms. The van der Waals surface area contributed by atoms with E-state index in [0.29, 0.717) is 25.9 Å². The lowest BCUT2D eigenvalue weighted by atomic mass is 9.91. The summed E-state index contributed by atoms with van der Waals surface area (Å²) in [4.78, 5) is 38.3. The molecule has 198 valence electrons. The second-order valence-corrected chi connectivity index (χ2v) is 9.41. The van der Waals surface area contributed by atoms with Crippen molar-refractivity contribution >= 4 is 24.2 Å². The topological polar surface area (TPSA) is 186 Å². The van der Waals surface area contributed by atoms with E-state index in [0.717, 1.165) is 12.8 Å². The highest BCUT2D eigenvalue weighted by Gasteiger charge is 2.36. The third kappa shape index (κ3) is 16.8. The van der Waals surface area contributed by atoms with Crippen molar-refractivity contribution in [2.45, 2.75) is 59.8 Å². The highest BCUT2D eigenvalue weighted by molar-refractivity contribution is 5.77. The van der Waals surface area contributed by atoms with Gasteiger partial charge in [0.1, 0.15) is 12.0 Å². The lowest BCUT2D eigenvalue weighted by Gasteiger charge is -2.24. The molecule has 0 aliphatic carbocycles. The van der Waals surface area contributed by atoms with Gasteiger partial charge in [-0.05, 0) is 38.0 Å². The van der Waals surface area contributed by atoms with Crippen molar-refractivity contribution in [3.63, 3.8) is 0 Å². The van der Waals surface area contributed by atoms with Gasteiger partial charge < -0.3 is 29.4 Å². The Hall–Kier alpha value is -2.76. The Morgan fingerprint density at radius 1 is 0.882 bits per heavy atom. The van der Waals surface area contributed by atoms with Gasteiger partial charge in [-0.1, -0.05) is 20.8 Å². The van der Waals surface area contributed by atoms with Crippen LogP contribution in [0.4, 0.5) is 9.59 Å². The average molecular weight is 492 g/mol. The minimum atomic E-state index is -1.42. The maximum atomic E-state index is 12.2. The first-order valence-electron chi connectivity index (χ1n) is 11.5. The molecule has 0 radical (unpaired) electrons. The Morgan fingerprint density at radius 2 is 1.53 bits per heavy atom. The number of nitrogens with one attached hydrogen (secondary N) is 2. The molecule has 0 aliphatic heterocycles. The van der Waals surface area contributed by atoms with Crippen molar-refractivity contribution in [3.8, 4) is 0 Å².